The van der Waals surface area contributed by atoms with Crippen molar-refractivity contribution in [2.75, 3.05) is 19.6 Å². The van der Waals surface area contributed by atoms with Crippen molar-refractivity contribution in [3.8, 4) is 0 Å². The van der Waals surface area contributed by atoms with Crippen molar-refractivity contribution >= 4 is 17.2 Å². The van der Waals surface area contributed by atoms with Crippen molar-refractivity contribution in [1.29, 1.82) is 0 Å². The van der Waals surface area contributed by atoms with Gasteiger partial charge in [0.2, 0.25) is 5.91 Å². The van der Waals surface area contributed by atoms with E-state index in [9.17, 15) is 9.18 Å². The minimum atomic E-state index is -0.264. The molecule has 0 bridgehead atoms. The number of carbonyl (C=O) groups excluding carboxylic acids is 1. The summed E-state index contributed by atoms with van der Waals surface area (Å²) < 4.78 is 13.2. The number of rotatable bonds is 5. The van der Waals surface area contributed by atoms with Crippen LogP contribution in [0.1, 0.15) is 42.2 Å². The fourth-order valence-corrected chi connectivity index (χ4v) is 3.94. The number of carbonyl (C=O) groups is 1. The van der Waals surface area contributed by atoms with Crippen LogP contribution in [0.3, 0.4) is 0 Å². The average Bonchev–Trinajstić information content (AvgIpc) is 2.99. The third kappa shape index (κ3) is 4.65. The zero-order chi connectivity index (χ0) is 16.8. The predicted molar refractivity (Wildman–Crippen MR) is 95.6 cm³/mol. The van der Waals surface area contributed by atoms with Crippen LogP contribution in [0.5, 0.6) is 0 Å². The van der Waals surface area contributed by atoms with Gasteiger partial charge in [-0.05, 0) is 55.1 Å². The van der Waals surface area contributed by atoms with Gasteiger partial charge in [0.25, 0.3) is 0 Å². The van der Waals surface area contributed by atoms with Crippen LogP contribution in [0.15, 0.2) is 41.8 Å². The summed E-state index contributed by atoms with van der Waals surface area (Å²) >= 11 is 1.60. The van der Waals surface area contributed by atoms with Crippen LogP contribution < -0.4 is 5.32 Å². The third-order valence-corrected chi connectivity index (χ3v) is 5.34. The van der Waals surface area contributed by atoms with Gasteiger partial charge in [-0.25, -0.2) is 4.39 Å². The van der Waals surface area contributed by atoms with E-state index in [1.807, 2.05) is 17.5 Å². The predicted octanol–water partition coefficient (Wildman–Crippen LogP) is 3.97. The van der Waals surface area contributed by atoms with Crippen LogP contribution >= 0.6 is 11.3 Å². The van der Waals surface area contributed by atoms with E-state index >= 15 is 0 Å². The molecule has 2 heterocycles. The van der Waals surface area contributed by atoms with Crippen molar-refractivity contribution < 1.29 is 9.18 Å². The molecule has 1 amide bonds. The molecule has 24 heavy (non-hydrogen) atoms. The maximum absolute atomic E-state index is 13.2. The Bertz CT molecular complexity index is 634. The number of hydrogen-bond acceptors (Lipinski definition) is 3. The minimum absolute atomic E-state index is 0.0274. The second-order valence-electron chi connectivity index (χ2n) is 6.26. The molecular formula is C19H23FN2OS. The summed E-state index contributed by atoms with van der Waals surface area (Å²) in [5.74, 6) is -0.237. The lowest BCUT2D eigenvalue weighted by molar-refractivity contribution is -0.122. The maximum atomic E-state index is 13.2. The number of benzene rings is 1. The normalized spacial score (nSPS) is 17.2. The van der Waals surface area contributed by atoms with Gasteiger partial charge >= 0.3 is 0 Å². The molecule has 0 saturated carbocycles. The van der Waals surface area contributed by atoms with Gasteiger partial charge in [0.1, 0.15) is 5.82 Å². The molecule has 0 radical (unpaired) electrons. The largest absolute Gasteiger partial charge is 0.343 e. The molecular weight excluding hydrogens is 323 g/mol. The Kier molecular flexibility index (Phi) is 5.99. The summed E-state index contributed by atoms with van der Waals surface area (Å²) in [5.41, 5.74) is 0.906. The van der Waals surface area contributed by atoms with Crippen molar-refractivity contribution in [2.24, 2.45) is 0 Å². The highest BCUT2D eigenvalue weighted by Crippen LogP contribution is 2.26. The molecule has 1 atom stereocenters. The van der Waals surface area contributed by atoms with E-state index in [1.165, 1.54) is 37.8 Å². The number of nitrogens with zero attached hydrogens (tertiary/aromatic N) is 1. The summed E-state index contributed by atoms with van der Waals surface area (Å²) in [7, 11) is 0. The molecule has 2 aromatic rings. The highest BCUT2D eigenvalue weighted by Gasteiger charge is 2.20. The minimum Gasteiger partial charge on any atom is -0.343 e. The topological polar surface area (TPSA) is 32.3 Å². The summed E-state index contributed by atoms with van der Waals surface area (Å²) in [5, 5.41) is 5.12. The lowest BCUT2D eigenvalue weighted by Crippen LogP contribution is -2.39. The molecule has 128 valence electrons. The third-order valence-electron chi connectivity index (χ3n) is 4.40. The molecule has 0 spiro atoms. The molecule has 0 aliphatic carbocycles. The molecule has 1 aliphatic heterocycles. The van der Waals surface area contributed by atoms with Gasteiger partial charge in [-0.15, -0.1) is 11.3 Å². The van der Waals surface area contributed by atoms with Gasteiger partial charge in [-0.1, -0.05) is 31.0 Å². The zero-order valence-electron chi connectivity index (χ0n) is 13.7. The van der Waals surface area contributed by atoms with Gasteiger partial charge < -0.3 is 5.32 Å². The van der Waals surface area contributed by atoms with Gasteiger partial charge in [0, 0.05) is 4.88 Å². The van der Waals surface area contributed by atoms with Crippen molar-refractivity contribution in [3.63, 3.8) is 0 Å². The lowest BCUT2D eigenvalue weighted by Gasteiger charge is -2.22. The number of halogens is 1. The second kappa shape index (κ2) is 8.40. The molecule has 1 aliphatic rings. The number of thiophene rings is 1. The molecule has 0 unspecified atom stereocenters. The van der Waals surface area contributed by atoms with Crippen LogP contribution in [0.2, 0.25) is 0 Å². The smallest absolute Gasteiger partial charge is 0.234 e. The number of hydrogen-bond donors (Lipinski definition) is 1. The Morgan fingerprint density at radius 1 is 1.12 bits per heavy atom. The monoisotopic (exact) mass is 346 g/mol. The van der Waals surface area contributed by atoms with Crippen molar-refractivity contribution in [2.45, 2.75) is 31.7 Å². The van der Waals surface area contributed by atoms with E-state index in [-0.39, 0.29) is 17.8 Å². The molecule has 1 saturated heterocycles. The first kappa shape index (κ1) is 17.1. The molecule has 3 nitrogen and oxygen atoms in total. The van der Waals surface area contributed by atoms with E-state index < -0.39 is 0 Å². The van der Waals surface area contributed by atoms with Crippen molar-refractivity contribution in [1.82, 2.24) is 10.2 Å². The first-order chi connectivity index (χ1) is 11.7. The molecule has 5 heteroatoms. The van der Waals surface area contributed by atoms with Gasteiger partial charge in [0.05, 0.1) is 12.6 Å². The molecule has 1 N–H and O–H groups in total. The van der Waals surface area contributed by atoms with Gasteiger partial charge in [-0.2, -0.15) is 0 Å². The highest BCUT2D eigenvalue weighted by atomic mass is 32.1. The Hall–Kier alpha value is -1.72. The first-order valence-corrected chi connectivity index (χ1v) is 9.41. The van der Waals surface area contributed by atoms with E-state index in [0.29, 0.717) is 6.54 Å². The van der Waals surface area contributed by atoms with Gasteiger partial charge in [-0.3, -0.25) is 9.69 Å². The summed E-state index contributed by atoms with van der Waals surface area (Å²) in [4.78, 5) is 15.8. The molecule has 1 fully saturated rings. The van der Waals surface area contributed by atoms with E-state index in [0.717, 1.165) is 23.5 Å². The highest BCUT2D eigenvalue weighted by molar-refractivity contribution is 7.10. The second-order valence-corrected chi connectivity index (χ2v) is 7.24. The van der Waals surface area contributed by atoms with Crippen LogP contribution in [0.4, 0.5) is 4.39 Å². The average molecular weight is 346 g/mol. The molecule has 3 rings (SSSR count). The Labute approximate surface area is 146 Å². The summed E-state index contributed by atoms with van der Waals surface area (Å²) in [6.45, 7) is 2.42. The molecule has 1 aromatic heterocycles. The number of amides is 1. The van der Waals surface area contributed by atoms with Crippen LogP contribution in [0, 0.1) is 5.82 Å². The summed E-state index contributed by atoms with van der Waals surface area (Å²) in [6, 6.07) is 10.1. The van der Waals surface area contributed by atoms with E-state index in [4.69, 9.17) is 0 Å². The van der Waals surface area contributed by atoms with Crippen molar-refractivity contribution in [3.05, 3.63) is 58.0 Å². The SMILES string of the molecule is O=C(CN1CCCCCC1)N[C@H](c1ccc(F)cc1)c1cccs1. The Balaban J connectivity index is 1.69. The Morgan fingerprint density at radius 2 is 1.83 bits per heavy atom. The number of likely N-dealkylation sites (tertiary alicyclic amines) is 1. The molecule has 1 aromatic carbocycles. The van der Waals surface area contributed by atoms with E-state index in [2.05, 4.69) is 10.2 Å². The van der Waals surface area contributed by atoms with Gasteiger partial charge in [0.15, 0.2) is 0 Å². The quantitative estimate of drug-likeness (QED) is 0.888. The fourth-order valence-electron chi connectivity index (χ4n) is 3.13. The summed E-state index contributed by atoms with van der Waals surface area (Å²) in [6.07, 6.45) is 4.84. The van der Waals surface area contributed by atoms with E-state index in [1.54, 1.807) is 23.5 Å². The standard InChI is InChI=1S/C19H23FN2OS/c20-16-9-7-15(8-10-16)19(17-6-5-13-24-17)21-18(23)14-22-11-3-1-2-4-12-22/h5-10,13,19H,1-4,11-12,14H2,(H,21,23)/t19-/m1/s1. The van der Waals surface area contributed by atoms with Crippen LogP contribution in [-0.4, -0.2) is 30.4 Å². The maximum Gasteiger partial charge on any atom is 0.234 e. The number of nitrogens with one attached hydrogen (secondary N) is 1. The first-order valence-electron chi connectivity index (χ1n) is 8.53. The van der Waals surface area contributed by atoms with Crippen LogP contribution in [0.25, 0.3) is 0 Å². The van der Waals surface area contributed by atoms with Crippen LogP contribution in [-0.2, 0) is 4.79 Å². The Morgan fingerprint density at radius 3 is 2.46 bits per heavy atom. The lowest BCUT2D eigenvalue weighted by atomic mass is 10.1. The fraction of sp³-hybridized carbons (Fsp3) is 0.421. The zero-order valence-corrected chi connectivity index (χ0v) is 14.5.